The van der Waals surface area contributed by atoms with Crippen LogP contribution in [0.5, 0.6) is 0 Å². The normalized spacial score (nSPS) is 35.8. The Morgan fingerprint density at radius 1 is 1.67 bits per heavy atom. The molecule has 0 aromatic carbocycles. The zero-order valence-corrected chi connectivity index (χ0v) is 8.10. The molecule has 0 spiro atoms. The van der Waals surface area contributed by atoms with E-state index in [0.29, 0.717) is 6.10 Å². The maximum atomic E-state index is 5.51. The fraction of sp³-hybridized carbons (Fsp3) is 1.00. The standard InChI is InChI=1S/C9H20N2O/c1-8-9(2,4-7-12-8)11-6-3-5-10/h8,11H,3-7,10H2,1-2H3. The summed E-state index contributed by atoms with van der Waals surface area (Å²) in [5, 5.41) is 3.50. The van der Waals surface area contributed by atoms with Gasteiger partial charge in [-0.2, -0.15) is 0 Å². The summed E-state index contributed by atoms with van der Waals surface area (Å²) in [6.45, 7) is 7.00. The minimum absolute atomic E-state index is 0.176. The summed E-state index contributed by atoms with van der Waals surface area (Å²) < 4.78 is 5.51. The van der Waals surface area contributed by atoms with Crippen LogP contribution in [0, 0.1) is 0 Å². The third kappa shape index (κ3) is 2.19. The highest BCUT2D eigenvalue weighted by molar-refractivity contribution is 4.93. The van der Waals surface area contributed by atoms with E-state index in [-0.39, 0.29) is 5.54 Å². The van der Waals surface area contributed by atoms with Crippen molar-refractivity contribution in [1.82, 2.24) is 5.32 Å². The Morgan fingerprint density at radius 2 is 2.42 bits per heavy atom. The van der Waals surface area contributed by atoms with Crippen LogP contribution in [0.2, 0.25) is 0 Å². The average molecular weight is 172 g/mol. The van der Waals surface area contributed by atoms with Gasteiger partial charge in [0.05, 0.1) is 6.10 Å². The second-order valence-corrected chi connectivity index (χ2v) is 3.75. The van der Waals surface area contributed by atoms with E-state index in [1.54, 1.807) is 0 Å². The average Bonchev–Trinajstić information content (AvgIpc) is 2.34. The Morgan fingerprint density at radius 3 is 2.92 bits per heavy atom. The zero-order valence-electron chi connectivity index (χ0n) is 8.10. The van der Waals surface area contributed by atoms with E-state index in [4.69, 9.17) is 10.5 Å². The lowest BCUT2D eigenvalue weighted by molar-refractivity contribution is 0.0888. The summed E-state index contributed by atoms with van der Waals surface area (Å²) in [7, 11) is 0. The van der Waals surface area contributed by atoms with Crippen molar-refractivity contribution >= 4 is 0 Å². The zero-order chi connectivity index (χ0) is 9.03. The van der Waals surface area contributed by atoms with E-state index in [1.165, 1.54) is 0 Å². The third-order valence-corrected chi connectivity index (χ3v) is 2.80. The van der Waals surface area contributed by atoms with Crippen molar-refractivity contribution in [1.29, 1.82) is 0 Å². The highest BCUT2D eigenvalue weighted by Gasteiger charge is 2.35. The van der Waals surface area contributed by atoms with Crippen molar-refractivity contribution in [2.24, 2.45) is 5.73 Å². The molecule has 3 nitrogen and oxygen atoms in total. The molecule has 1 aliphatic heterocycles. The third-order valence-electron chi connectivity index (χ3n) is 2.80. The van der Waals surface area contributed by atoms with Gasteiger partial charge in [-0.05, 0) is 39.8 Å². The molecule has 0 bridgehead atoms. The molecule has 2 unspecified atom stereocenters. The topological polar surface area (TPSA) is 47.3 Å². The number of nitrogens with two attached hydrogens (primary N) is 1. The molecular weight excluding hydrogens is 152 g/mol. The van der Waals surface area contributed by atoms with Gasteiger partial charge in [0.1, 0.15) is 0 Å². The molecule has 0 aromatic rings. The Kier molecular flexibility index (Phi) is 3.50. The van der Waals surface area contributed by atoms with Gasteiger partial charge in [-0.3, -0.25) is 0 Å². The molecule has 72 valence electrons. The predicted octanol–water partition coefficient (Wildman–Crippen LogP) is 0.492. The molecule has 1 fully saturated rings. The number of rotatable bonds is 4. The van der Waals surface area contributed by atoms with E-state index < -0.39 is 0 Å². The number of hydrogen-bond donors (Lipinski definition) is 2. The van der Waals surface area contributed by atoms with Crippen LogP contribution in [-0.4, -0.2) is 31.3 Å². The van der Waals surface area contributed by atoms with Crippen molar-refractivity contribution in [2.75, 3.05) is 19.7 Å². The Hall–Kier alpha value is -0.120. The van der Waals surface area contributed by atoms with Crippen molar-refractivity contribution in [3.63, 3.8) is 0 Å². The van der Waals surface area contributed by atoms with Crippen LogP contribution in [0.15, 0.2) is 0 Å². The minimum atomic E-state index is 0.176. The smallest absolute Gasteiger partial charge is 0.0726 e. The van der Waals surface area contributed by atoms with E-state index in [9.17, 15) is 0 Å². The first-order valence-electron chi connectivity index (χ1n) is 4.76. The fourth-order valence-corrected chi connectivity index (χ4v) is 1.54. The Labute approximate surface area is 74.7 Å². The van der Waals surface area contributed by atoms with Crippen molar-refractivity contribution < 1.29 is 4.74 Å². The lowest BCUT2D eigenvalue weighted by Gasteiger charge is -2.28. The van der Waals surface area contributed by atoms with E-state index >= 15 is 0 Å². The second kappa shape index (κ2) is 4.21. The molecular formula is C9H20N2O. The summed E-state index contributed by atoms with van der Waals surface area (Å²) >= 11 is 0. The Bertz CT molecular complexity index is 140. The maximum Gasteiger partial charge on any atom is 0.0726 e. The van der Waals surface area contributed by atoms with Gasteiger partial charge >= 0.3 is 0 Å². The summed E-state index contributed by atoms with van der Waals surface area (Å²) in [4.78, 5) is 0. The number of nitrogens with one attached hydrogen (secondary N) is 1. The Balaban J connectivity index is 2.27. The van der Waals surface area contributed by atoms with Gasteiger partial charge in [0, 0.05) is 12.1 Å². The van der Waals surface area contributed by atoms with Crippen molar-refractivity contribution in [3.05, 3.63) is 0 Å². The van der Waals surface area contributed by atoms with Crippen molar-refractivity contribution in [2.45, 2.75) is 38.3 Å². The van der Waals surface area contributed by atoms with Crippen LogP contribution >= 0.6 is 0 Å². The molecule has 1 rings (SSSR count). The summed E-state index contributed by atoms with van der Waals surface area (Å²) in [6.07, 6.45) is 2.48. The first kappa shape index (κ1) is 9.96. The van der Waals surface area contributed by atoms with E-state index in [2.05, 4.69) is 19.2 Å². The lowest BCUT2D eigenvalue weighted by Crippen LogP contribution is -2.48. The summed E-state index contributed by atoms with van der Waals surface area (Å²) in [6, 6.07) is 0. The summed E-state index contributed by atoms with van der Waals surface area (Å²) in [5.74, 6) is 0. The van der Waals surface area contributed by atoms with Gasteiger partial charge in [-0.25, -0.2) is 0 Å². The van der Waals surface area contributed by atoms with Crippen LogP contribution in [0.3, 0.4) is 0 Å². The first-order chi connectivity index (χ1) is 5.69. The summed E-state index contributed by atoms with van der Waals surface area (Å²) in [5.41, 5.74) is 5.60. The molecule has 2 atom stereocenters. The number of hydrogen-bond acceptors (Lipinski definition) is 3. The predicted molar refractivity (Wildman–Crippen MR) is 50.1 cm³/mol. The molecule has 0 saturated carbocycles. The highest BCUT2D eigenvalue weighted by atomic mass is 16.5. The van der Waals surface area contributed by atoms with Gasteiger partial charge < -0.3 is 15.8 Å². The quantitative estimate of drug-likeness (QED) is 0.607. The molecule has 1 heterocycles. The lowest BCUT2D eigenvalue weighted by atomic mass is 9.94. The van der Waals surface area contributed by atoms with Gasteiger partial charge in [-0.15, -0.1) is 0 Å². The molecule has 3 heteroatoms. The maximum absolute atomic E-state index is 5.51. The van der Waals surface area contributed by atoms with Gasteiger partial charge in [0.2, 0.25) is 0 Å². The molecule has 0 aromatic heterocycles. The molecule has 1 saturated heterocycles. The molecule has 12 heavy (non-hydrogen) atoms. The van der Waals surface area contributed by atoms with Gasteiger partial charge in [0.25, 0.3) is 0 Å². The largest absolute Gasteiger partial charge is 0.377 e. The molecule has 0 amide bonds. The molecule has 0 radical (unpaired) electrons. The van der Waals surface area contributed by atoms with Crippen molar-refractivity contribution in [3.8, 4) is 0 Å². The monoisotopic (exact) mass is 172 g/mol. The van der Waals surface area contributed by atoms with Crippen LogP contribution in [0.25, 0.3) is 0 Å². The molecule has 1 aliphatic rings. The van der Waals surface area contributed by atoms with Crippen LogP contribution in [-0.2, 0) is 4.74 Å². The minimum Gasteiger partial charge on any atom is -0.377 e. The first-order valence-corrected chi connectivity index (χ1v) is 4.76. The number of ether oxygens (including phenoxy) is 1. The molecule has 0 aliphatic carbocycles. The van der Waals surface area contributed by atoms with Crippen LogP contribution in [0.1, 0.15) is 26.7 Å². The van der Waals surface area contributed by atoms with E-state index in [1.807, 2.05) is 0 Å². The molecule has 3 N–H and O–H groups in total. The highest BCUT2D eigenvalue weighted by Crippen LogP contribution is 2.24. The SMILES string of the molecule is CC1OCCC1(C)NCCCN. The van der Waals surface area contributed by atoms with E-state index in [0.717, 1.165) is 32.5 Å². The van der Waals surface area contributed by atoms with Gasteiger partial charge in [-0.1, -0.05) is 0 Å². The van der Waals surface area contributed by atoms with Crippen LogP contribution in [0.4, 0.5) is 0 Å². The van der Waals surface area contributed by atoms with Crippen LogP contribution < -0.4 is 11.1 Å². The fourth-order valence-electron chi connectivity index (χ4n) is 1.54. The van der Waals surface area contributed by atoms with Gasteiger partial charge in [0.15, 0.2) is 0 Å². The second-order valence-electron chi connectivity index (χ2n) is 3.75.